The van der Waals surface area contributed by atoms with E-state index in [9.17, 15) is 4.39 Å². The van der Waals surface area contributed by atoms with Crippen LogP contribution in [0.3, 0.4) is 0 Å². The fourth-order valence-corrected chi connectivity index (χ4v) is 3.84. The molecule has 1 saturated carbocycles. The van der Waals surface area contributed by atoms with Crippen LogP contribution in [0.1, 0.15) is 60.3 Å². The molecule has 0 spiro atoms. The molecule has 23 heavy (non-hydrogen) atoms. The zero-order valence-corrected chi connectivity index (χ0v) is 15.2. The van der Waals surface area contributed by atoms with Crippen LogP contribution in [0.4, 0.5) is 4.39 Å². The minimum absolute atomic E-state index is 0.170. The summed E-state index contributed by atoms with van der Waals surface area (Å²) in [6.07, 6.45) is 14.7. The quantitative estimate of drug-likeness (QED) is 0.521. The van der Waals surface area contributed by atoms with Gasteiger partial charge in [-0.15, -0.1) is 0 Å². The summed E-state index contributed by atoms with van der Waals surface area (Å²) < 4.78 is 13.2. The van der Waals surface area contributed by atoms with Crippen molar-refractivity contribution in [2.45, 2.75) is 60.3 Å². The van der Waals surface area contributed by atoms with E-state index >= 15 is 0 Å². The highest BCUT2D eigenvalue weighted by atomic mass is 19.1. The Balaban J connectivity index is 2.43. The van der Waals surface area contributed by atoms with Crippen LogP contribution < -0.4 is 0 Å². The van der Waals surface area contributed by atoms with Crippen molar-refractivity contribution in [3.63, 3.8) is 0 Å². The van der Waals surface area contributed by atoms with Crippen LogP contribution in [0, 0.1) is 17.3 Å². The minimum Gasteiger partial charge on any atom is -0.258 e. The second-order valence-corrected chi connectivity index (χ2v) is 7.55. The first-order valence-electron chi connectivity index (χ1n) is 8.81. The molecular weight excluding hydrogens is 285 g/mol. The average Bonchev–Trinajstić information content (AvgIpc) is 2.46. The third kappa shape index (κ3) is 4.31. The molecule has 126 valence electrons. The standard InChI is InChI=1S/C21H30FN/c1-6-7-8-9-17-12-18-10-11-19(17)20(23-14-16(3)22)15(2)13-21(18,4)5/h7-8,10-11,14-15,17H,6,9,12-13H2,1-5H3/b8-7?,16-14+,23-20?. The lowest BCUT2D eigenvalue weighted by molar-refractivity contribution is 0.338. The van der Waals surface area contributed by atoms with Crippen molar-refractivity contribution in [2.75, 3.05) is 0 Å². The Morgan fingerprint density at radius 3 is 2.74 bits per heavy atom. The third-order valence-electron chi connectivity index (χ3n) is 5.02. The van der Waals surface area contributed by atoms with Crippen molar-refractivity contribution in [1.82, 2.24) is 0 Å². The molecule has 0 aliphatic heterocycles. The fraction of sp³-hybridized carbons (Fsp3) is 0.571. The third-order valence-corrected chi connectivity index (χ3v) is 5.02. The highest BCUT2D eigenvalue weighted by Gasteiger charge is 2.36. The van der Waals surface area contributed by atoms with Gasteiger partial charge in [0, 0.05) is 5.71 Å². The van der Waals surface area contributed by atoms with Crippen LogP contribution in [0.5, 0.6) is 0 Å². The lowest BCUT2D eigenvalue weighted by Gasteiger charge is -2.40. The molecule has 2 heteroatoms. The van der Waals surface area contributed by atoms with Gasteiger partial charge in [-0.3, -0.25) is 4.99 Å². The highest BCUT2D eigenvalue weighted by Crippen LogP contribution is 2.46. The van der Waals surface area contributed by atoms with Gasteiger partial charge in [0.1, 0.15) is 5.83 Å². The maximum atomic E-state index is 13.2. The van der Waals surface area contributed by atoms with Gasteiger partial charge in [0.15, 0.2) is 0 Å². The molecule has 0 aromatic rings. The van der Waals surface area contributed by atoms with Crippen LogP contribution in [0.25, 0.3) is 0 Å². The molecule has 2 atom stereocenters. The normalized spacial score (nSPS) is 29.5. The van der Waals surface area contributed by atoms with Crippen LogP contribution in [0.2, 0.25) is 0 Å². The molecule has 0 heterocycles. The van der Waals surface area contributed by atoms with Gasteiger partial charge in [-0.1, -0.05) is 57.6 Å². The molecule has 2 unspecified atom stereocenters. The summed E-state index contributed by atoms with van der Waals surface area (Å²) in [5.41, 5.74) is 4.08. The molecule has 3 aliphatic rings. The minimum atomic E-state index is -0.235. The number of hydrogen-bond donors (Lipinski definition) is 0. The number of fused-ring (bicyclic) bond motifs is 5. The number of rotatable bonds is 4. The first-order chi connectivity index (χ1) is 10.8. The number of allylic oxidation sites excluding steroid dienone is 7. The Hall–Kier alpha value is -1.44. The van der Waals surface area contributed by atoms with E-state index in [0.717, 1.165) is 31.4 Å². The van der Waals surface area contributed by atoms with Gasteiger partial charge >= 0.3 is 0 Å². The van der Waals surface area contributed by atoms with Crippen LogP contribution in [-0.2, 0) is 0 Å². The van der Waals surface area contributed by atoms with Gasteiger partial charge in [-0.25, -0.2) is 4.39 Å². The zero-order valence-electron chi connectivity index (χ0n) is 15.2. The smallest absolute Gasteiger partial charge is 0.115 e. The van der Waals surface area contributed by atoms with Gasteiger partial charge < -0.3 is 0 Å². The predicted molar refractivity (Wildman–Crippen MR) is 98.2 cm³/mol. The van der Waals surface area contributed by atoms with Crippen molar-refractivity contribution < 1.29 is 4.39 Å². The maximum absolute atomic E-state index is 13.2. The van der Waals surface area contributed by atoms with Gasteiger partial charge in [-0.2, -0.15) is 0 Å². The van der Waals surface area contributed by atoms with Crippen LogP contribution in [0.15, 0.2) is 52.5 Å². The van der Waals surface area contributed by atoms with E-state index in [0.29, 0.717) is 11.8 Å². The summed E-state index contributed by atoms with van der Waals surface area (Å²) >= 11 is 0. The molecule has 0 radical (unpaired) electrons. The molecule has 2 bridgehead atoms. The van der Waals surface area contributed by atoms with Crippen molar-refractivity contribution in [1.29, 1.82) is 0 Å². The predicted octanol–water partition coefficient (Wildman–Crippen LogP) is 6.55. The molecule has 1 nitrogen and oxygen atoms in total. The van der Waals surface area contributed by atoms with Gasteiger partial charge in [0.05, 0.1) is 6.20 Å². The van der Waals surface area contributed by atoms with E-state index in [-0.39, 0.29) is 11.2 Å². The van der Waals surface area contributed by atoms with Gasteiger partial charge in [0.2, 0.25) is 0 Å². The Morgan fingerprint density at radius 1 is 1.35 bits per heavy atom. The van der Waals surface area contributed by atoms with Crippen molar-refractivity contribution in [3.05, 3.63) is 47.5 Å². The summed E-state index contributed by atoms with van der Waals surface area (Å²) in [4.78, 5) is 4.54. The lowest BCUT2D eigenvalue weighted by atomic mass is 9.65. The van der Waals surface area contributed by atoms with E-state index in [1.165, 1.54) is 18.7 Å². The zero-order chi connectivity index (χ0) is 17.0. The molecule has 1 fully saturated rings. The second-order valence-electron chi connectivity index (χ2n) is 7.55. The summed E-state index contributed by atoms with van der Waals surface area (Å²) in [5.74, 6) is 0.571. The summed E-state index contributed by atoms with van der Waals surface area (Å²) in [6, 6.07) is 0. The molecule has 3 aliphatic carbocycles. The van der Waals surface area contributed by atoms with E-state index in [4.69, 9.17) is 0 Å². The van der Waals surface area contributed by atoms with E-state index < -0.39 is 0 Å². The highest BCUT2D eigenvalue weighted by molar-refractivity contribution is 6.03. The topological polar surface area (TPSA) is 12.4 Å². The largest absolute Gasteiger partial charge is 0.258 e. The Labute approximate surface area is 140 Å². The molecule has 0 saturated heterocycles. The van der Waals surface area contributed by atoms with Crippen molar-refractivity contribution in [2.24, 2.45) is 22.2 Å². The SMILES string of the molecule is CCC=CCC1CC2=CC=C1C(=N/C=C(\C)F)C(C)CC2(C)C. The van der Waals surface area contributed by atoms with E-state index in [1.807, 2.05) is 0 Å². The molecule has 0 aromatic heterocycles. The Kier molecular flexibility index (Phi) is 5.78. The first kappa shape index (κ1) is 17.9. The lowest BCUT2D eigenvalue weighted by Crippen LogP contribution is -2.32. The first-order valence-corrected chi connectivity index (χ1v) is 8.81. The van der Waals surface area contributed by atoms with Gasteiger partial charge in [0.25, 0.3) is 0 Å². The number of aliphatic imine (C=N–C) groups is 1. The molecule has 0 amide bonds. The van der Waals surface area contributed by atoms with Gasteiger partial charge in [-0.05, 0) is 55.4 Å². The summed E-state index contributed by atoms with van der Waals surface area (Å²) in [5, 5.41) is 0. The van der Waals surface area contributed by atoms with E-state index in [1.54, 1.807) is 5.57 Å². The summed E-state index contributed by atoms with van der Waals surface area (Å²) in [6.45, 7) is 10.5. The van der Waals surface area contributed by atoms with Crippen LogP contribution >= 0.6 is 0 Å². The van der Waals surface area contributed by atoms with Crippen LogP contribution in [-0.4, -0.2) is 5.71 Å². The maximum Gasteiger partial charge on any atom is 0.115 e. The second kappa shape index (κ2) is 7.42. The number of halogens is 1. The molecule has 0 aromatic carbocycles. The molecule has 3 rings (SSSR count). The molecular formula is C21H30FN. The molecule has 0 N–H and O–H groups in total. The van der Waals surface area contributed by atoms with Crippen molar-refractivity contribution in [3.8, 4) is 0 Å². The fourth-order valence-electron chi connectivity index (χ4n) is 3.84. The Morgan fingerprint density at radius 2 is 2.09 bits per heavy atom. The average molecular weight is 315 g/mol. The summed E-state index contributed by atoms with van der Waals surface area (Å²) in [7, 11) is 0. The monoisotopic (exact) mass is 315 g/mol. The van der Waals surface area contributed by atoms with E-state index in [2.05, 4.69) is 57.0 Å². The van der Waals surface area contributed by atoms with Crippen molar-refractivity contribution >= 4 is 5.71 Å². The Bertz CT molecular complexity index is 583. The number of nitrogens with zero attached hydrogens (tertiary/aromatic N) is 1. The number of hydrogen-bond acceptors (Lipinski definition) is 1.